The molecule has 1 aliphatic rings. The lowest BCUT2D eigenvalue weighted by atomic mass is 9.63. The van der Waals surface area contributed by atoms with Crippen molar-refractivity contribution in [3.8, 4) is 5.75 Å². The Labute approximate surface area is 187 Å². The second-order valence-electron chi connectivity index (χ2n) is 9.19. The minimum Gasteiger partial charge on any atom is -0.485 e. The first-order valence-corrected chi connectivity index (χ1v) is 11.3. The fraction of sp³-hybridized carbons (Fsp3) is 0.440. The van der Waals surface area contributed by atoms with Crippen molar-refractivity contribution in [1.82, 2.24) is 0 Å². The molecule has 2 aromatic rings. The molecule has 30 heavy (non-hydrogen) atoms. The largest absolute Gasteiger partial charge is 0.485 e. The second-order valence-corrected chi connectivity index (χ2v) is 9.75. The van der Waals surface area contributed by atoms with E-state index in [0.717, 1.165) is 18.4 Å². The molecule has 4 nitrogen and oxygen atoms in total. The summed E-state index contributed by atoms with van der Waals surface area (Å²) < 4.78 is 10.6. The van der Waals surface area contributed by atoms with Crippen molar-refractivity contribution in [2.75, 3.05) is 13.7 Å². The number of carbonyl (C=O) groups is 2. The smallest absolute Gasteiger partial charge is 0.337 e. The lowest BCUT2D eigenvalue weighted by Gasteiger charge is -2.42. The van der Waals surface area contributed by atoms with Crippen LogP contribution in [0.3, 0.4) is 0 Å². The molecule has 2 aromatic carbocycles. The van der Waals surface area contributed by atoms with Crippen LogP contribution in [0, 0.1) is 0 Å². The van der Waals surface area contributed by atoms with Gasteiger partial charge in [0.2, 0.25) is 0 Å². The van der Waals surface area contributed by atoms with E-state index in [2.05, 4.69) is 49.7 Å². The highest BCUT2D eigenvalue weighted by Crippen LogP contribution is 2.45. The maximum absolute atomic E-state index is 12.9. The Morgan fingerprint density at radius 3 is 2.20 bits per heavy atom. The number of carbonyl (C=O) groups excluding carboxylic acids is 2. The van der Waals surface area contributed by atoms with E-state index in [0.29, 0.717) is 22.2 Å². The molecule has 5 heteroatoms. The molecule has 0 saturated carbocycles. The third-order valence-corrected chi connectivity index (χ3v) is 6.77. The lowest BCUT2D eigenvalue weighted by molar-refractivity contribution is 0.0600. The molecule has 0 amide bonds. The van der Waals surface area contributed by atoms with Gasteiger partial charge in [0, 0.05) is 16.5 Å². The first-order chi connectivity index (χ1) is 14.1. The second kappa shape index (κ2) is 8.54. The van der Waals surface area contributed by atoms with Crippen LogP contribution in [-0.4, -0.2) is 25.5 Å². The topological polar surface area (TPSA) is 52.6 Å². The van der Waals surface area contributed by atoms with Gasteiger partial charge in [0.1, 0.15) is 5.75 Å². The minimum absolute atomic E-state index is 0.0416. The summed E-state index contributed by atoms with van der Waals surface area (Å²) in [7, 11) is 1.34. The van der Waals surface area contributed by atoms with Gasteiger partial charge in [-0.15, -0.1) is 0 Å². The first kappa shape index (κ1) is 22.5. The van der Waals surface area contributed by atoms with E-state index in [4.69, 9.17) is 9.47 Å². The van der Waals surface area contributed by atoms with Crippen molar-refractivity contribution >= 4 is 27.7 Å². The summed E-state index contributed by atoms with van der Waals surface area (Å²) in [4.78, 5) is 24.7. The Morgan fingerprint density at radius 2 is 1.57 bits per heavy atom. The van der Waals surface area contributed by atoms with Gasteiger partial charge in [-0.2, -0.15) is 0 Å². The number of ether oxygens (including phenoxy) is 2. The zero-order chi connectivity index (χ0) is 22.1. The fourth-order valence-corrected chi connectivity index (χ4v) is 4.50. The Kier molecular flexibility index (Phi) is 6.42. The molecular formula is C25H29BrO4. The highest BCUT2D eigenvalue weighted by molar-refractivity contribution is 9.08. The number of benzene rings is 2. The van der Waals surface area contributed by atoms with Gasteiger partial charge in [-0.3, -0.25) is 4.79 Å². The summed E-state index contributed by atoms with van der Waals surface area (Å²) in [5.41, 5.74) is 4.64. The van der Waals surface area contributed by atoms with Gasteiger partial charge >= 0.3 is 5.97 Å². The molecule has 0 spiro atoms. The molecule has 0 unspecified atom stereocenters. The molecular weight excluding hydrogens is 444 g/mol. The molecule has 0 bridgehead atoms. The lowest BCUT2D eigenvalue weighted by Crippen LogP contribution is -2.34. The van der Waals surface area contributed by atoms with Crippen LogP contribution in [0.25, 0.3) is 0 Å². The highest BCUT2D eigenvalue weighted by atomic mass is 79.9. The molecule has 0 heterocycles. The molecule has 0 N–H and O–H groups in total. The third kappa shape index (κ3) is 4.46. The van der Waals surface area contributed by atoms with E-state index >= 15 is 0 Å². The summed E-state index contributed by atoms with van der Waals surface area (Å²) in [6.07, 6.45) is 2.23. The van der Waals surface area contributed by atoms with Gasteiger partial charge in [-0.25, -0.2) is 4.79 Å². The number of hydrogen-bond acceptors (Lipinski definition) is 4. The molecule has 0 atom stereocenters. The van der Waals surface area contributed by atoms with Crippen molar-refractivity contribution in [1.29, 1.82) is 0 Å². The van der Waals surface area contributed by atoms with Crippen LogP contribution in [-0.2, 0) is 20.9 Å². The molecule has 3 rings (SSSR count). The molecule has 0 radical (unpaired) electrons. The average Bonchev–Trinajstić information content (AvgIpc) is 2.74. The summed E-state index contributed by atoms with van der Waals surface area (Å²) in [5, 5.41) is 0.556. The van der Waals surface area contributed by atoms with E-state index in [9.17, 15) is 9.59 Å². The van der Waals surface area contributed by atoms with Crippen LogP contribution in [0.2, 0.25) is 0 Å². The molecule has 0 aliphatic heterocycles. The normalized spacial score (nSPS) is 16.5. The monoisotopic (exact) mass is 472 g/mol. The summed E-state index contributed by atoms with van der Waals surface area (Å²) in [6.45, 7) is 8.93. The maximum Gasteiger partial charge on any atom is 0.337 e. The zero-order valence-corrected chi connectivity index (χ0v) is 19.9. The van der Waals surface area contributed by atoms with Gasteiger partial charge in [-0.05, 0) is 53.0 Å². The van der Waals surface area contributed by atoms with Gasteiger partial charge in [0.25, 0.3) is 0 Å². The van der Waals surface area contributed by atoms with Gasteiger partial charge in [0.15, 0.2) is 12.4 Å². The standard InChI is InChI=1S/C25H29BrO4/c1-24(2)10-11-25(3,4)20-12-16(8-9-19(20)24)21(27)15-30-22-13-17(23(28)29-5)6-7-18(22)14-26/h6-9,12-13H,10-11,14-15H2,1-5H3. The van der Waals surface area contributed by atoms with E-state index in [1.165, 1.54) is 18.2 Å². The Balaban J connectivity index is 1.83. The number of hydrogen-bond donors (Lipinski definition) is 0. The fourth-order valence-electron chi connectivity index (χ4n) is 4.03. The number of rotatable bonds is 6. The Hall–Kier alpha value is -2.14. The third-order valence-electron chi connectivity index (χ3n) is 6.17. The van der Waals surface area contributed by atoms with Gasteiger partial charge < -0.3 is 9.47 Å². The number of Topliss-reactive ketones (excluding diaryl/α,β-unsaturated/α-hetero) is 1. The Morgan fingerprint density at radius 1 is 0.933 bits per heavy atom. The van der Waals surface area contributed by atoms with Gasteiger partial charge in [-0.1, -0.05) is 61.8 Å². The molecule has 160 valence electrons. The number of ketones is 1. The van der Waals surface area contributed by atoms with E-state index < -0.39 is 5.97 Å². The first-order valence-electron chi connectivity index (χ1n) is 10.2. The summed E-state index contributed by atoms with van der Waals surface area (Å²) >= 11 is 3.42. The van der Waals surface area contributed by atoms with Crippen LogP contribution in [0.4, 0.5) is 0 Å². The SMILES string of the molecule is COC(=O)c1ccc(CBr)c(OCC(=O)c2ccc3c(c2)C(C)(C)CCC3(C)C)c1. The van der Waals surface area contributed by atoms with Crippen LogP contribution >= 0.6 is 15.9 Å². The predicted octanol–water partition coefficient (Wildman–Crippen LogP) is 5.98. The van der Waals surface area contributed by atoms with E-state index in [1.54, 1.807) is 18.2 Å². The number of esters is 1. The summed E-state index contributed by atoms with van der Waals surface area (Å²) in [5.74, 6) is -0.0182. The van der Waals surface area contributed by atoms with Crippen molar-refractivity contribution in [3.05, 3.63) is 64.2 Å². The van der Waals surface area contributed by atoms with Crippen LogP contribution in [0.1, 0.15) is 77.9 Å². The highest BCUT2D eigenvalue weighted by Gasteiger charge is 2.37. The van der Waals surface area contributed by atoms with E-state index in [-0.39, 0.29) is 23.2 Å². The zero-order valence-electron chi connectivity index (χ0n) is 18.3. The van der Waals surface area contributed by atoms with Crippen LogP contribution < -0.4 is 4.74 Å². The van der Waals surface area contributed by atoms with Crippen molar-refractivity contribution in [3.63, 3.8) is 0 Å². The summed E-state index contributed by atoms with van der Waals surface area (Å²) in [6, 6.07) is 11.1. The Bertz CT molecular complexity index is 975. The van der Waals surface area contributed by atoms with Crippen LogP contribution in [0.15, 0.2) is 36.4 Å². The predicted molar refractivity (Wildman–Crippen MR) is 122 cm³/mol. The maximum atomic E-state index is 12.9. The molecule has 1 aliphatic carbocycles. The van der Waals surface area contributed by atoms with Crippen LogP contribution in [0.5, 0.6) is 5.75 Å². The quantitative estimate of drug-likeness (QED) is 0.294. The number of halogens is 1. The van der Waals surface area contributed by atoms with Crippen molar-refractivity contribution < 1.29 is 19.1 Å². The van der Waals surface area contributed by atoms with Crippen molar-refractivity contribution in [2.24, 2.45) is 0 Å². The molecule has 0 fully saturated rings. The molecule has 0 saturated heterocycles. The number of methoxy groups -OCH3 is 1. The van der Waals surface area contributed by atoms with Crippen molar-refractivity contribution in [2.45, 2.75) is 56.7 Å². The minimum atomic E-state index is -0.438. The number of alkyl halides is 1. The van der Waals surface area contributed by atoms with E-state index in [1.807, 2.05) is 12.1 Å². The molecule has 0 aromatic heterocycles. The number of fused-ring (bicyclic) bond motifs is 1. The van der Waals surface area contributed by atoms with Gasteiger partial charge in [0.05, 0.1) is 12.7 Å². The average molecular weight is 473 g/mol.